The van der Waals surface area contributed by atoms with Gasteiger partial charge in [0.15, 0.2) is 0 Å². The van der Waals surface area contributed by atoms with Gasteiger partial charge >= 0.3 is 0 Å². The lowest BCUT2D eigenvalue weighted by Crippen LogP contribution is -2.14. The van der Waals surface area contributed by atoms with Crippen molar-refractivity contribution in [1.29, 1.82) is 0 Å². The first-order chi connectivity index (χ1) is 12.4. The van der Waals surface area contributed by atoms with Gasteiger partial charge in [-0.2, -0.15) is 0 Å². The largest absolute Gasteiger partial charge is 0.499 e. The summed E-state index contributed by atoms with van der Waals surface area (Å²) in [6, 6.07) is 0. The molecular formula is C18H36O7. The Balaban J connectivity index is 2.95. The van der Waals surface area contributed by atoms with Crippen molar-refractivity contribution in [3.63, 3.8) is 0 Å². The molecule has 0 aliphatic rings. The van der Waals surface area contributed by atoms with E-state index >= 15 is 0 Å². The molecule has 0 unspecified atom stereocenters. The third-order valence-corrected chi connectivity index (χ3v) is 2.97. The zero-order chi connectivity index (χ0) is 18.3. The lowest BCUT2D eigenvalue weighted by atomic mass is 10.4. The molecule has 0 saturated carbocycles. The average Bonchev–Trinajstić information content (AvgIpc) is 2.63. The first-order valence-electron chi connectivity index (χ1n) is 9.10. The Morgan fingerprint density at radius 2 is 0.840 bits per heavy atom. The Bertz CT molecular complexity index is 252. The number of ether oxygens (including phenoxy) is 7. The molecule has 0 aromatic heterocycles. The van der Waals surface area contributed by atoms with E-state index in [9.17, 15) is 0 Å². The van der Waals surface area contributed by atoms with Gasteiger partial charge < -0.3 is 33.2 Å². The molecule has 0 aliphatic carbocycles. The summed E-state index contributed by atoms with van der Waals surface area (Å²) in [5.74, 6) is 0. The molecule has 0 aromatic carbocycles. The molecule has 7 nitrogen and oxygen atoms in total. The first-order valence-corrected chi connectivity index (χ1v) is 9.10. The van der Waals surface area contributed by atoms with E-state index in [4.69, 9.17) is 33.2 Å². The maximum absolute atomic E-state index is 5.40. The third-order valence-electron chi connectivity index (χ3n) is 2.97. The Labute approximate surface area is 152 Å². The van der Waals surface area contributed by atoms with Gasteiger partial charge in [-0.1, -0.05) is 19.9 Å². The highest BCUT2D eigenvalue weighted by molar-refractivity contribution is 4.47. The van der Waals surface area contributed by atoms with Gasteiger partial charge in [-0.25, -0.2) is 0 Å². The van der Waals surface area contributed by atoms with E-state index in [0.29, 0.717) is 79.3 Å². The molecule has 0 N–H and O–H groups in total. The third kappa shape index (κ3) is 23.3. The summed E-state index contributed by atoms with van der Waals surface area (Å²) >= 11 is 0. The molecule has 0 rings (SSSR count). The van der Waals surface area contributed by atoms with E-state index in [1.165, 1.54) is 6.26 Å². The zero-order valence-electron chi connectivity index (χ0n) is 15.7. The molecule has 0 aliphatic heterocycles. The van der Waals surface area contributed by atoms with Crippen LogP contribution in [-0.4, -0.2) is 85.9 Å². The number of hydrogen-bond donors (Lipinski definition) is 0. The van der Waals surface area contributed by atoms with Gasteiger partial charge in [-0.3, -0.25) is 0 Å². The summed E-state index contributed by atoms with van der Waals surface area (Å²) in [6.07, 6.45) is 3.66. The highest BCUT2D eigenvalue weighted by Gasteiger charge is 1.94. The highest BCUT2D eigenvalue weighted by Crippen LogP contribution is 1.88. The Hall–Kier alpha value is -0.700. The van der Waals surface area contributed by atoms with Crippen molar-refractivity contribution >= 4 is 0 Å². The Morgan fingerprint density at radius 3 is 1.16 bits per heavy atom. The van der Waals surface area contributed by atoms with E-state index in [1.807, 2.05) is 0 Å². The fourth-order valence-corrected chi connectivity index (χ4v) is 1.64. The van der Waals surface area contributed by atoms with Crippen molar-refractivity contribution in [2.75, 3.05) is 85.9 Å². The van der Waals surface area contributed by atoms with Gasteiger partial charge in [-0.15, -0.1) is 0 Å². The van der Waals surface area contributed by atoms with E-state index in [2.05, 4.69) is 13.5 Å². The average molecular weight is 364 g/mol. The smallest absolute Gasteiger partial charge is 0.111 e. The van der Waals surface area contributed by atoms with Crippen molar-refractivity contribution in [1.82, 2.24) is 0 Å². The van der Waals surface area contributed by atoms with Crippen LogP contribution in [0.1, 0.15) is 19.8 Å². The quantitative estimate of drug-likeness (QED) is 0.215. The Kier molecular flexibility index (Phi) is 22.6. The monoisotopic (exact) mass is 364 g/mol. The van der Waals surface area contributed by atoms with Gasteiger partial charge in [0.05, 0.1) is 78.9 Å². The van der Waals surface area contributed by atoms with E-state index in [0.717, 1.165) is 19.4 Å². The molecule has 0 fully saturated rings. The minimum absolute atomic E-state index is 0.518. The summed E-state index contributed by atoms with van der Waals surface area (Å²) in [5.41, 5.74) is 0. The molecule has 0 heterocycles. The summed E-state index contributed by atoms with van der Waals surface area (Å²) in [5, 5.41) is 0. The maximum atomic E-state index is 5.40. The predicted molar refractivity (Wildman–Crippen MR) is 96.0 cm³/mol. The summed E-state index contributed by atoms with van der Waals surface area (Å²) in [7, 11) is 0. The van der Waals surface area contributed by atoms with E-state index in [1.54, 1.807) is 0 Å². The summed E-state index contributed by atoms with van der Waals surface area (Å²) in [4.78, 5) is 0. The molecule has 0 atom stereocenters. The molecule has 25 heavy (non-hydrogen) atoms. The van der Waals surface area contributed by atoms with Crippen molar-refractivity contribution < 1.29 is 33.2 Å². The molecule has 0 spiro atoms. The van der Waals surface area contributed by atoms with Crippen LogP contribution in [0.2, 0.25) is 0 Å². The minimum atomic E-state index is 0.518. The number of unbranched alkanes of at least 4 members (excludes halogenated alkanes) is 1. The number of hydrogen-bond acceptors (Lipinski definition) is 7. The van der Waals surface area contributed by atoms with Crippen LogP contribution in [0.4, 0.5) is 0 Å². The molecule has 150 valence electrons. The maximum Gasteiger partial charge on any atom is 0.111 e. The van der Waals surface area contributed by atoms with Crippen LogP contribution in [0, 0.1) is 0 Å². The molecule has 7 heteroatoms. The second-order valence-electron chi connectivity index (χ2n) is 5.07. The van der Waals surface area contributed by atoms with E-state index in [-0.39, 0.29) is 0 Å². The minimum Gasteiger partial charge on any atom is -0.499 e. The molecular weight excluding hydrogens is 328 g/mol. The van der Waals surface area contributed by atoms with Gasteiger partial charge in [0.1, 0.15) is 6.61 Å². The standard InChI is InChI=1S/C18H36O7/c1-3-5-6-20-9-10-22-13-14-24-17-18-25-16-15-23-12-11-21-8-7-19-4-2/h4H,2-3,5-18H2,1H3. The van der Waals surface area contributed by atoms with Gasteiger partial charge in [0.2, 0.25) is 0 Å². The van der Waals surface area contributed by atoms with Gasteiger partial charge in [0, 0.05) is 6.61 Å². The zero-order valence-corrected chi connectivity index (χ0v) is 15.7. The van der Waals surface area contributed by atoms with Gasteiger partial charge in [0.25, 0.3) is 0 Å². The van der Waals surface area contributed by atoms with Crippen LogP contribution in [0.3, 0.4) is 0 Å². The summed E-state index contributed by atoms with van der Waals surface area (Å²) in [6.45, 7) is 13.2. The van der Waals surface area contributed by atoms with Crippen molar-refractivity contribution in [3.05, 3.63) is 12.8 Å². The Morgan fingerprint density at radius 1 is 0.520 bits per heavy atom. The predicted octanol–water partition coefficient (Wildman–Crippen LogP) is 2.05. The molecule has 0 radical (unpaired) electrons. The lowest BCUT2D eigenvalue weighted by Gasteiger charge is -2.08. The summed E-state index contributed by atoms with van der Waals surface area (Å²) < 4.78 is 37.1. The van der Waals surface area contributed by atoms with Crippen LogP contribution < -0.4 is 0 Å². The second kappa shape index (κ2) is 23.3. The molecule has 0 saturated heterocycles. The fraction of sp³-hybridized carbons (Fsp3) is 0.889. The van der Waals surface area contributed by atoms with Crippen LogP contribution in [-0.2, 0) is 33.2 Å². The lowest BCUT2D eigenvalue weighted by molar-refractivity contribution is -0.0184. The van der Waals surface area contributed by atoms with E-state index < -0.39 is 0 Å². The van der Waals surface area contributed by atoms with Crippen molar-refractivity contribution in [2.24, 2.45) is 0 Å². The fourth-order valence-electron chi connectivity index (χ4n) is 1.64. The first kappa shape index (κ1) is 24.3. The number of rotatable bonds is 22. The van der Waals surface area contributed by atoms with Crippen molar-refractivity contribution in [3.8, 4) is 0 Å². The topological polar surface area (TPSA) is 64.6 Å². The van der Waals surface area contributed by atoms with Crippen molar-refractivity contribution in [2.45, 2.75) is 19.8 Å². The highest BCUT2D eigenvalue weighted by atomic mass is 16.6. The molecule has 0 bridgehead atoms. The second-order valence-corrected chi connectivity index (χ2v) is 5.07. The molecule has 0 amide bonds. The van der Waals surface area contributed by atoms with Crippen LogP contribution in [0.15, 0.2) is 12.8 Å². The van der Waals surface area contributed by atoms with Crippen LogP contribution >= 0.6 is 0 Å². The normalized spacial score (nSPS) is 10.9. The SMILES string of the molecule is C=COCCOCCOCCOCCOCCOCCOCCCC. The van der Waals surface area contributed by atoms with Crippen LogP contribution in [0.5, 0.6) is 0 Å². The van der Waals surface area contributed by atoms with Gasteiger partial charge in [-0.05, 0) is 6.42 Å². The van der Waals surface area contributed by atoms with Crippen LogP contribution in [0.25, 0.3) is 0 Å². The molecule has 0 aromatic rings.